The highest BCUT2D eigenvalue weighted by Crippen LogP contribution is 2.35. The van der Waals surface area contributed by atoms with Gasteiger partial charge in [-0.05, 0) is 48.2 Å². The fourth-order valence-corrected chi connectivity index (χ4v) is 5.29. The van der Waals surface area contributed by atoms with Gasteiger partial charge in [-0.3, -0.25) is 4.99 Å². The molecule has 3 N–H and O–H groups in total. The molecule has 1 saturated heterocycles. The van der Waals surface area contributed by atoms with Gasteiger partial charge in [-0.15, -0.1) is 17.3 Å². The molecule has 32 heavy (non-hydrogen) atoms. The van der Waals surface area contributed by atoms with Gasteiger partial charge in [0, 0.05) is 36.7 Å². The number of anilines is 2. The van der Waals surface area contributed by atoms with Crippen molar-refractivity contribution in [3.63, 3.8) is 0 Å². The molecule has 1 fully saturated rings. The summed E-state index contributed by atoms with van der Waals surface area (Å²) in [5.74, 6) is 2.14. The quantitative estimate of drug-likeness (QED) is 0.615. The lowest BCUT2D eigenvalue weighted by Gasteiger charge is -2.16. The Morgan fingerprint density at radius 3 is 2.75 bits per heavy atom. The minimum Gasteiger partial charge on any atom is -0.491 e. The number of nitrogens with zero attached hydrogens (tertiary/aromatic N) is 6. The fourth-order valence-electron chi connectivity index (χ4n) is 4.03. The highest BCUT2D eigenvalue weighted by Gasteiger charge is 2.35. The largest absolute Gasteiger partial charge is 0.491 e. The van der Waals surface area contributed by atoms with Crippen molar-refractivity contribution in [2.45, 2.75) is 38.0 Å². The molecule has 4 heterocycles. The standard InChI is InChI=1S/C22H28N8OS/c1-3-16-10-23-22(24-11-16)29-9-8-17(12-29)21-26-20(15(2)32-21)13-31-19-6-4-18(5-7-19)30-14-25-27-28-30/h4-7,10-11,14-15,17,20,27-28H,3,8-9,12-13H2,1-2H3/p+1. The molecule has 1 aromatic heterocycles. The van der Waals surface area contributed by atoms with Crippen LogP contribution in [0.25, 0.3) is 0 Å². The Labute approximate surface area is 192 Å². The number of aromatic nitrogens is 2. The molecule has 0 aliphatic carbocycles. The maximum Gasteiger partial charge on any atom is 0.225 e. The number of quaternary nitrogens is 1. The summed E-state index contributed by atoms with van der Waals surface area (Å²) in [6.07, 6.45) is 7.67. The SMILES string of the molecule is CCc1cnc(N2CCC(C3=NC(COc4ccc(N5C=N[NH2+]N5)cc4)C(C)S3)C2)nc1. The van der Waals surface area contributed by atoms with Gasteiger partial charge < -0.3 is 9.64 Å². The zero-order valence-electron chi connectivity index (χ0n) is 18.4. The number of rotatable bonds is 7. The third-order valence-corrected chi connectivity index (χ3v) is 7.42. The summed E-state index contributed by atoms with van der Waals surface area (Å²) in [5.41, 5.74) is 6.87. The Morgan fingerprint density at radius 1 is 1.22 bits per heavy atom. The maximum absolute atomic E-state index is 6.07. The van der Waals surface area contributed by atoms with E-state index in [4.69, 9.17) is 9.73 Å². The number of nitrogens with one attached hydrogen (secondary N) is 1. The second kappa shape index (κ2) is 9.43. The van der Waals surface area contributed by atoms with Gasteiger partial charge in [-0.1, -0.05) is 18.9 Å². The van der Waals surface area contributed by atoms with Gasteiger partial charge >= 0.3 is 0 Å². The first kappa shape index (κ1) is 21.2. The molecule has 5 rings (SSSR count). The van der Waals surface area contributed by atoms with Crippen LogP contribution < -0.4 is 25.7 Å². The van der Waals surface area contributed by atoms with Crippen LogP contribution in [0.4, 0.5) is 11.6 Å². The predicted molar refractivity (Wildman–Crippen MR) is 128 cm³/mol. The average Bonchev–Trinajstić information content (AvgIpc) is 3.59. The first-order valence-electron chi connectivity index (χ1n) is 11.1. The smallest absolute Gasteiger partial charge is 0.225 e. The van der Waals surface area contributed by atoms with E-state index in [1.165, 1.54) is 10.6 Å². The van der Waals surface area contributed by atoms with E-state index in [1.807, 2.05) is 53.4 Å². The van der Waals surface area contributed by atoms with E-state index in [0.717, 1.165) is 43.3 Å². The van der Waals surface area contributed by atoms with Crippen LogP contribution in [0.2, 0.25) is 0 Å². The maximum atomic E-state index is 6.07. The van der Waals surface area contributed by atoms with Crippen LogP contribution in [-0.4, -0.2) is 52.3 Å². The van der Waals surface area contributed by atoms with Gasteiger partial charge in [-0.25, -0.2) is 15.0 Å². The minimum atomic E-state index is 0.172. The molecule has 3 aliphatic heterocycles. The van der Waals surface area contributed by atoms with Crippen molar-refractivity contribution >= 4 is 34.8 Å². The van der Waals surface area contributed by atoms with E-state index < -0.39 is 0 Å². The van der Waals surface area contributed by atoms with Crippen LogP contribution in [0.15, 0.2) is 46.8 Å². The van der Waals surface area contributed by atoms with E-state index >= 15 is 0 Å². The number of hydrogen-bond donors (Lipinski definition) is 2. The van der Waals surface area contributed by atoms with Crippen molar-refractivity contribution in [2.75, 3.05) is 29.6 Å². The number of thioether (sulfide) groups is 1. The molecule has 2 aromatic rings. The van der Waals surface area contributed by atoms with Crippen molar-refractivity contribution in [1.82, 2.24) is 15.5 Å². The van der Waals surface area contributed by atoms with E-state index in [1.54, 1.807) is 11.9 Å². The van der Waals surface area contributed by atoms with Crippen molar-refractivity contribution in [3.8, 4) is 5.75 Å². The van der Waals surface area contributed by atoms with Crippen LogP contribution in [0.5, 0.6) is 5.75 Å². The molecule has 10 heteroatoms. The van der Waals surface area contributed by atoms with Gasteiger partial charge in [0.05, 0.1) is 16.8 Å². The summed E-state index contributed by atoms with van der Waals surface area (Å²) in [5, 5.41) is 7.56. The minimum absolute atomic E-state index is 0.172. The fraction of sp³-hybridized carbons (Fsp3) is 0.455. The Balaban J connectivity index is 1.16. The molecular formula is C22H29N8OS+. The lowest BCUT2D eigenvalue weighted by atomic mass is 10.1. The molecule has 3 aliphatic rings. The topological polar surface area (TPSA) is 94.9 Å². The first-order valence-corrected chi connectivity index (χ1v) is 12.0. The Bertz CT molecular complexity index is 980. The lowest BCUT2D eigenvalue weighted by Crippen LogP contribution is -2.87. The second-order valence-electron chi connectivity index (χ2n) is 8.23. The van der Waals surface area contributed by atoms with Crippen LogP contribution in [0, 0.1) is 5.92 Å². The number of aryl methyl sites for hydroxylation is 1. The molecule has 0 saturated carbocycles. The van der Waals surface area contributed by atoms with Crippen molar-refractivity contribution in [2.24, 2.45) is 16.0 Å². The summed E-state index contributed by atoms with van der Waals surface area (Å²) >= 11 is 1.90. The average molecular weight is 454 g/mol. The molecule has 0 amide bonds. The summed E-state index contributed by atoms with van der Waals surface area (Å²) in [4.78, 5) is 16.4. The van der Waals surface area contributed by atoms with E-state index in [2.05, 4.69) is 39.4 Å². The van der Waals surface area contributed by atoms with E-state index in [0.29, 0.717) is 17.8 Å². The first-order chi connectivity index (χ1) is 15.7. The highest BCUT2D eigenvalue weighted by atomic mass is 32.2. The summed E-state index contributed by atoms with van der Waals surface area (Å²) in [6, 6.07) is 8.17. The van der Waals surface area contributed by atoms with E-state index in [9.17, 15) is 0 Å². The number of nitrogens with two attached hydrogens (primary N) is 1. The number of hydrazine groups is 1. The predicted octanol–water partition coefficient (Wildman–Crippen LogP) is 1.59. The second-order valence-corrected chi connectivity index (χ2v) is 9.63. The van der Waals surface area contributed by atoms with Crippen LogP contribution in [0.1, 0.15) is 25.8 Å². The number of hydrogen-bond acceptors (Lipinski definition) is 9. The zero-order valence-corrected chi connectivity index (χ0v) is 19.2. The third-order valence-electron chi connectivity index (χ3n) is 6.05. The van der Waals surface area contributed by atoms with E-state index in [-0.39, 0.29) is 6.04 Å². The molecule has 168 valence electrons. The van der Waals surface area contributed by atoms with Crippen LogP contribution >= 0.6 is 11.8 Å². The molecular weight excluding hydrogens is 424 g/mol. The number of benzene rings is 1. The Morgan fingerprint density at radius 2 is 2.03 bits per heavy atom. The molecule has 3 unspecified atom stereocenters. The van der Waals surface area contributed by atoms with Gasteiger partial charge in [-0.2, -0.15) is 0 Å². The van der Waals surface area contributed by atoms with Crippen molar-refractivity contribution in [3.05, 3.63) is 42.2 Å². The number of ether oxygens (including phenoxy) is 1. The number of aliphatic imine (C=N–C) groups is 1. The molecule has 9 nitrogen and oxygen atoms in total. The summed E-state index contributed by atoms with van der Waals surface area (Å²) in [7, 11) is 0. The molecule has 3 atom stereocenters. The van der Waals surface area contributed by atoms with Crippen LogP contribution in [0.3, 0.4) is 0 Å². The summed E-state index contributed by atoms with van der Waals surface area (Å²) in [6.45, 7) is 6.87. The summed E-state index contributed by atoms with van der Waals surface area (Å²) < 4.78 is 6.07. The van der Waals surface area contributed by atoms with Crippen LogP contribution in [-0.2, 0) is 6.42 Å². The van der Waals surface area contributed by atoms with Crippen molar-refractivity contribution < 1.29 is 10.3 Å². The van der Waals surface area contributed by atoms with Crippen molar-refractivity contribution in [1.29, 1.82) is 0 Å². The Hall–Kier alpha value is -2.69. The Kier molecular flexibility index (Phi) is 6.24. The zero-order chi connectivity index (χ0) is 21.9. The van der Waals surface area contributed by atoms with Gasteiger partial charge in [0.25, 0.3) is 0 Å². The molecule has 0 bridgehead atoms. The van der Waals surface area contributed by atoms with Gasteiger partial charge in [0.2, 0.25) is 5.95 Å². The normalized spacial score (nSPS) is 24.9. The van der Waals surface area contributed by atoms with Gasteiger partial charge in [0.1, 0.15) is 12.4 Å². The molecule has 0 spiro atoms. The lowest BCUT2D eigenvalue weighted by molar-refractivity contribution is -0.708. The molecule has 1 aromatic carbocycles. The van der Waals surface area contributed by atoms with Gasteiger partial charge in [0.15, 0.2) is 6.34 Å². The monoisotopic (exact) mass is 453 g/mol. The third kappa shape index (κ3) is 4.57. The highest BCUT2D eigenvalue weighted by molar-refractivity contribution is 8.14. The molecule has 0 radical (unpaired) electrons.